The lowest BCUT2D eigenvalue weighted by atomic mass is 9.99. The number of fused-ring (bicyclic) bond motifs is 2. The van der Waals surface area contributed by atoms with Crippen molar-refractivity contribution in [3.63, 3.8) is 0 Å². The molecule has 8 heteroatoms. The molecule has 0 saturated carbocycles. The molecule has 1 amide bonds. The fourth-order valence-electron chi connectivity index (χ4n) is 4.52. The molecule has 0 aliphatic carbocycles. The number of aromatic nitrogens is 1. The monoisotopic (exact) mass is 488 g/mol. The molecule has 0 spiro atoms. The predicted molar refractivity (Wildman–Crippen MR) is 135 cm³/mol. The van der Waals surface area contributed by atoms with Gasteiger partial charge in [-0.15, -0.1) is 0 Å². The zero-order valence-corrected chi connectivity index (χ0v) is 20.0. The Morgan fingerprint density at radius 2 is 1.71 bits per heavy atom. The lowest BCUT2D eigenvalue weighted by Crippen LogP contribution is -2.40. The molecule has 3 aromatic carbocycles. The first kappa shape index (κ1) is 23.0. The van der Waals surface area contributed by atoms with Crippen LogP contribution in [0.4, 0.5) is 0 Å². The van der Waals surface area contributed by atoms with Crippen LogP contribution >= 0.6 is 0 Å². The summed E-state index contributed by atoms with van der Waals surface area (Å²) in [6.45, 7) is -0.466. The average molecular weight is 489 g/mol. The summed E-state index contributed by atoms with van der Waals surface area (Å²) in [5, 5.41) is 2.70. The largest absolute Gasteiger partial charge is 0.452 e. The van der Waals surface area contributed by atoms with E-state index in [4.69, 9.17) is 9.72 Å². The number of ether oxygens (including phenoxy) is 1. The van der Waals surface area contributed by atoms with Gasteiger partial charge in [-0.25, -0.2) is 18.2 Å². The normalized spacial score (nSPS) is 16.9. The number of para-hydroxylation sites is 1. The van der Waals surface area contributed by atoms with Gasteiger partial charge in [-0.1, -0.05) is 60.7 Å². The second kappa shape index (κ2) is 9.11. The molecular weight excluding hydrogens is 464 g/mol. The minimum Gasteiger partial charge on any atom is -0.452 e. The van der Waals surface area contributed by atoms with E-state index in [1.807, 2.05) is 60.7 Å². The summed E-state index contributed by atoms with van der Waals surface area (Å²) in [6.07, 6.45) is 0.391. The molecule has 2 heterocycles. The fraction of sp³-hybridized carbons (Fsp3) is 0.222. The topological polar surface area (TPSA) is 93.6 Å². The number of amides is 1. The van der Waals surface area contributed by atoms with Crippen LogP contribution in [0.2, 0.25) is 0 Å². The number of esters is 1. The van der Waals surface area contributed by atoms with Crippen LogP contribution in [0.25, 0.3) is 32.9 Å². The van der Waals surface area contributed by atoms with Crippen molar-refractivity contribution in [1.29, 1.82) is 0 Å². The van der Waals surface area contributed by atoms with Crippen LogP contribution in [0.3, 0.4) is 0 Å². The van der Waals surface area contributed by atoms with Crippen LogP contribution in [0.15, 0.2) is 72.8 Å². The molecule has 0 bridgehead atoms. The SMILES string of the molecule is CN(C(=O)COC(=O)c1cc(-c2cccc3ccccc23)nc2ccccc12)[C@@H]1CCS(=O)(=O)C1. The van der Waals surface area contributed by atoms with Crippen molar-refractivity contribution in [1.82, 2.24) is 9.88 Å². The Kier molecular flexibility index (Phi) is 5.98. The number of benzene rings is 3. The quantitative estimate of drug-likeness (QED) is 0.396. The minimum atomic E-state index is -3.13. The summed E-state index contributed by atoms with van der Waals surface area (Å²) in [6, 6.07) is 22.5. The van der Waals surface area contributed by atoms with Crippen molar-refractivity contribution in [3.05, 3.63) is 78.4 Å². The lowest BCUT2D eigenvalue weighted by Gasteiger charge is -2.23. The van der Waals surface area contributed by atoms with Crippen LogP contribution in [0.5, 0.6) is 0 Å². The number of pyridine rings is 1. The van der Waals surface area contributed by atoms with E-state index >= 15 is 0 Å². The first-order valence-corrected chi connectivity index (χ1v) is 13.2. The summed E-state index contributed by atoms with van der Waals surface area (Å²) < 4.78 is 28.9. The molecule has 35 heavy (non-hydrogen) atoms. The molecule has 1 fully saturated rings. The average Bonchev–Trinajstić information content (AvgIpc) is 3.25. The molecule has 1 aliphatic rings. The molecule has 7 nitrogen and oxygen atoms in total. The van der Waals surface area contributed by atoms with Gasteiger partial charge in [-0.2, -0.15) is 0 Å². The molecule has 5 rings (SSSR count). The van der Waals surface area contributed by atoms with Gasteiger partial charge in [0.25, 0.3) is 5.91 Å². The lowest BCUT2D eigenvalue weighted by molar-refractivity contribution is -0.134. The van der Waals surface area contributed by atoms with Gasteiger partial charge in [0.1, 0.15) is 0 Å². The van der Waals surface area contributed by atoms with E-state index in [0.717, 1.165) is 16.3 Å². The fourth-order valence-corrected chi connectivity index (χ4v) is 6.30. The van der Waals surface area contributed by atoms with E-state index in [0.29, 0.717) is 28.6 Å². The van der Waals surface area contributed by atoms with Gasteiger partial charge in [0.2, 0.25) is 0 Å². The number of carbonyl (C=O) groups excluding carboxylic acids is 2. The smallest absolute Gasteiger partial charge is 0.339 e. The van der Waals surface area contributed by atoms with Gasteiger partial charge in [0, 0.05) is 24.0 Å². The number of nitrogens with zero attached hydrogens (tertiary/aromatic N) is 2. The van der Waals surface area contributed by atoms with Gasteiger partial charge >= 0.3 is 5.97 Å². The first-order chi connectivity index (χ1) is 16.8. The maximum atomic E-state index is 13.1. The van der Waals surface area contributed by atoms with Gasteiger partial charge < -0.3 is 9.64 Å². The Morgan fingerprint density at radius 3 is 2.49 bits per heavy atom. The van der Waals surface area contributed by atoms with Crippen molar-refractivity contribution < 1.29 is 22.7 Å². The third-order valence-electron chi connectivity index (χ3n) is 6.48. The van der Waals surface area contributed by atoms with Crippen LogP contribution in [0.1, 0.15) is 16.8 Å². The zero-order valence-electron chi connectivity index (χ0n) is 19.2. The van der Waals surface area contributed by atoms with Crippen molar-refractivity contribution in [2.45, 2.75) is 12.5 Å². The Labute approximate surface area is 203 Å². The molecule has 0 unspecified atom stereocenters. The second-order valence-electron chi connectivity index (χ2n) is 8.74. The summed E-state index contributed by atoms with van der Waals surface area (Å²) in [7, 11) is -1.58. The Morgan fingerprint density at radius 1 is 1.00 bits per heavy atom. The van der Waals surface area contributed by atoms with Crippen molar-refractivity contribution >= 4 is 43.4 Å². The number of hydrogen-bond acceptors (Lipinski definition) is 6. The number of likely N-dealkylation sites (N-methyl/N-ethyl adjacent to an activating group) is 1. The van der Waals surface area contributed by atoms with Crippen molar-refractivity contribution in [3.8, 4) is 11.3 Å². The van der Waals surface area contributed by atoms with E-state index in [2.05, 4.69) is 0 Å². The highest BCUT2D eigenvalue weighted by Crippen LogP contribution is 2.30. The predicted octanol–water partition coefficient (Wildman–Crippen LogP) is 3.86. The van der Waals surface area contributed by atoms with Crippen LogP contribution < -0.4 is 0 Å². The summed E-state index contributed by atoms with van der Waals surface area (Å²) in [5.41, 5.74) is 2.48. The molecule has 4 aromatic rings. The van der Waals surface area contributed by atoms with Crippen LogP contribution in [-0.4, -0.2) is 61.4 Å². The third-order valence-corrected chi connectivity index (χ3v) is 8.23. The van der Waals surface area contributed by atoms with E-state index in [-0.39, 0.29) is 11.5 Å². The van der Waals surface area contributed by atoms with Crippen LogP contribution in [0, 0.1) is 0 Å². The summed E-state index contributed by atoms with van der Waals surface area (Å²) in [5.74, 6) is -1.07. The molecule has 178 valence electrons. The van der Waals surface area contributed by atoms with Gasteiger partial charge in [-0.05, 0) is 29.3 Å². The van der Waals surface area contributed by atoms with Crippen LogP contribution in [-0.2, 0) is 19.4 Å². The number of hydrogen-bond donors (Lipinski definition) is 0. The standard InChI is InChI=1S/C27H24N2O5S/c1-29(19-13-14-35(32,33)17-19)26(30)16-34-27(31)23-15-25(28-24-12-5-4-10-22(23)24)21-11-6-8-18-7-2-3-9-20(18)21/h2-12,15,19H,13-14,16-17H2,1H3/t19-/m1/s1. The molecule has 1 aromatic heterocycles. The maximum Gasteiger partial charge on any atom is 0.339 e. The molecule has 1 aliphatic heterocycles. The van der Waals surface area contributed by atoms with E-state index in [1.54, 1.807) is 19.2 Å². The minimum absolute atomic E-state index is 0.0629. The van der Waals surface area contributed by atoms with Gasteiger partial charge in [0.05, 0.1) is 28.3 Å². The number of sulfone groups is 1. The molecule has 1 saturated heterocycles. The molecule has 1 atom stereocenters. The van der Waals surface area contributed by atoms with Crippen molar-refractivity contribution in [2.24, 2.45) is 0 Å². The first-order valence-electron chi connectivity index (χ1n) is 11.3. The van der Waals surface area contributed by atoms with E-state index in [9.17, 15) is 18.0 Å². The highest BCUT2D eigenvalue weighted by atomic mass is 32.2. The molecule has 0 radical (unpaired) electrons. The van der Waals surface area contributed by atoms with E-state index < -0.39 is 34.4 Å². The Balaban J connectivity index is 1.44. The second-order valence-corrected chi connectivity index (χ2v) is 11.0. The van der Waals surface area contributed by atoms with E-state index in [1.165, 1.54) is 4.90 Å². The number of rotatable bonds is 5. The highest BCUT2D eigenvalue weighted by molar-refractivity contribution is 7.91. The summed E-state index contributed by atoms with van der Waals surface area (Å²) in [4.78, 5) is 31.9. The highest BCUT2D eigenvalue weighted by Gasteiger charge is 2.33. The molecule has 0 N–H and O–H groups in total. The number of carbonyl (C=O) groups is 2. The van der Waals surface area contributed by atoms with Gasteiger partial charge in [-0.3, -0.25) is 4.79 Å². The summed E-state index contributed by atoms with van der Waals surface area (Å²) >= 11 is 0. The Hall–Kier alpha value is -3.78. The van der Waals surface area contributed by atoms with Gasteiger partial charge in [0.15, 0.2) is 16.4 Å². The molecular formula is C27H24N2O5S. The Bertz CT molecular complexity index is 1560. The van der Waals surface area contributed by atoms with Crippen molar-refractivity contribution in [2.75, 3.05) is 25.2 Å². The zero-order chi connectivity index (χ0) is 24.6. The third kappa shape index (κ3) is 4.61. The maximum absolute atomic E-state index is 13.1.